The first-order valence-electron chi connectivity index (χ1n) is 5.02. The predicted molar refractivity (Wildman–Crippen MR) is 64.7 cm³/mol. The fourth-order valence-corrected chi connectivity index (χ4v) is 2.07. The zero-order chi connectivity index (χ0) is 12.5. The Morgan fingerprint density at radius 2 is 1.75 bits per heavy atom. The maximum absolute atomic E-state index is 13.3. The van der Waals surface area contributed by atoms with Crippen LogP contribution in [0.3, 0.4) is 0 Å². The number of rotatable bonds is 3. The minimum atomic E-state index is -0.551. The van der Waals surface area contributed by atoms with Gasteiger partial charge in [0.05, 0.1) is 5.02 Å². The molecule has 0 amide bonds. The largest absolute Gasteiger partial charge is 0.299 e. The van der Waals surface area contributed by atoms with E-state index < -0.39 is 11.7 Å². The normalized spacial score (nSPS) is 12.9. The molecule has 1 rings (SSSR count). The minimum absolute atomic E-state index is 0.0297. The molecule has 88 valence electrons. The van der Waals surface area contributed by atoms with Crippen molar-refractivity contribution in [3.05, 3.63) is 33.6 Å². The molecule has 0 aliphatic rings. The first-order chi connectivity index (χ1) is 7.34. The van der Waals surface area contributed by atoms with Crippen LogP contribution in [0.2, 0.25) is 10.0 Å². The monoisotopic (exact) mass is 262 g/mol. The second-order valence-electron chi connectivity index (χ2n) is 4.07. The zero-order valence-corrected chi connectivity index (χ0v) is 10.9. The maximum Gasteiger partial charge on any atom is 0.142 e. The van der Waals surface area contributed by atoms with Crippen LogP contribution in [0.15, 0.2) is 12.1 Å². The van der Waals surface area contributed by atoms with Crippen LogP contribution < -0.4 is 0 Å². The van der Waals surface area contributed by atoms with E-state index in [2.05, 4.69) is 0 Å². The van der Waals surface area contributed by atoms with E-state index in [1.807, 2.05) is 0 Å². The van der Waals surface area contributed by atoms with E-state index in [1.54, 1.807) is 20.8 Å². The van der Waals surface area contributed by atoms with E-state index in [1.165, 1.54) is 12.1 Å². The molecule has 0 spiro atoms. The summed E-state index contributed by atoms with van der Waals surface area (Å²) in [5, 5.41) is 0.297. The summed E-state index contributed by atoms with van der Waals surface area (Å²) in [6.07, 6.45) is 0. The van der Waals surface area contributed by atoms with Gasteiger partial charge in [0.2, 0.25) is 0 Å². The lowest BCUT2D eigenvalue weighted by Gasteiger charge is -2.15. The highest BCUT2D eigenvalue weighted by atomic mass is 35.5. The molecular weight excluding hydrogens is 250 g/mol. The number of Topliss-reactive ketones (excluding diaryl/α,β-unsaturated/α-hetero) is 1. The van der Waals surface area contributed by atoms with Crippen LogP contribution in [-0.2, 0) is 4.79 Å². The second-order valence-corrected chi connectivity index (χ2v) is 4.88. The van der Waals surface area contributed by atoms with E-state index in [9.17, 15) is 9.18 Å². The SMILES string of the molecule is CC(C)C(=O)C(C)c1cc(F)c(Cl)cc1Cl. The van der Waals surface area contributed by atoms with Crippen molar-refractivity contribution in [2.45, 2.75) is 26.7 Å². The van der Waals surface area contributed by atoms with Crippen LogP contribution in [0.5, 0.6) is 0 Å². The molecule has 1 aromatic rings. The summed E-state index contributed by atoms with van der Waals surface area (Å²) >= 11 is 11.5. The molecule has 0 aromatic heterocycles. The van der Waals surface area contributed by atoms with Gasteiger partial charge in [-0.3, -0.25) is 4.79 Å². The summed E-state index contributed by atoms with van der Waals surface area (Å²) in [5.41, 5.74) is 0.488. The van der Waals surface area contributed by atoms with Gasteiger partial charge in [-0.25, -0.2) is 4.39 Å². The Labute approximate surface area is 105 Å². The maximum atomic E-state index is 13.3. The minimum Gasteiger partial charge on any atom is -0.299 e. The van der Waals surface area contributed by atoms with Crippen molar-refractivity contribution in [3.8, 4) is 0 Å². The molecule has 16 heavy (non-hydrogen) atoms. The van der Waals surface area contributed by atoms with Gasteiger partial charge in [0.15, 0.2) is 0 Å². The van der Waals surface area contributed by atoms with E-state index in [-0.39, 0.29) is 16.7 Å². The summed E-state index contributed by atoms with van der Waals surface area (Å²) in [6.45, 7) is 5.33. The Morgan fingerprint density at radius 3 is 2.25 bits per heavy atom. The second kappa shape index (κ2) is 5.15. The fourth-order valence-electron chi connectivity index (χ4n) is 1.52. The summed E-state index contributed by atoms with van der Waals surface area (Å²) in [7, 11) is 0. The number of carbonyl (C=O) groups is 1. The Kier molecular flexibility index (Phi) is 4.34. The molecule has 0 aliphatic heterocycles. The average Bonchev–Trinajstić information content (AvgIpc) is 2.21. The number of hydrogen-bond donors (Lipinski definition) is 0. The van der Waals surface area contributed by atoms with Crippen molar-refractivity contribution in [1.29, 1.82) is 0 Å². The van der Waals surface area contributed by atoms with Crippen LogP contribution in [-0.4, -0.2) is 5.78 Å². The van der Waals surface area contributed by atoms with Crippen molar-refractivity contribution in [2.24, 2.45) is 5.92 Å². The number of ketones is 1. The molecule has 1 aromatic carbocycles. The Hall–Kier alpha value is -0.600. The third kappa shape index (κ3) is 2.74. The van der Waals surface area contributed by atoms with Crippen molar-refractivity contribution in [1.82, 2.24) is 0 Å². The Morgan fingerprint density at radius 1 is 1.19 bits per heavy atom. The van der Waals surface area contributed by atoms with Gasteiger partial charge in [-0.15, -0.1) is 0 Å². The third-order valence-corrected chi connectivity index (χ3v) is 3.12. The molecule has 0 saturated heterocycles. The lowest BCUT2D eigenvalue weighted by molar-refractivity contribution is -0.123. The van der Waals surface area contributed by atoms with Gasteiger partial charge >= 0.3 is 0 Å². The highest BCUT2D eigenvalue weighted by molar-refractivity contribution is 6.35. The number of benzene rings is 1. The summed E-state index contributed by atoms with van der Waals surface area (Å²) in [5.74, 6) is -1.04. The van der Waals surface area contributed by atoms with Gasteiger partial charge in [-0.05, 0) is 17.7 Å². The molecule has 0 aliphatic carbocycles. The predicted octanol–water partition coefficient (Wildman–Crippen LogP) is 4.46. The van der Waals surface area contributed by atoms with Crippen LogP contribution in [0.4, 0.5) is 4.39 Å². The summed E-state index contributed by atoms with van der Waals surface area (Å²) in [4.78, 5) is 11.8. The molecule has 4 heteroatoms. The smallest absolute Gasteiger partial charge is 0.142 e. The van der Waals surface area contributed by atoms with Crippen LogP contribution in [0.25, 0.3) is 0 Å². The summed E-state index contributed by atoms with van der Waals surface area (Å²) in [6, 6.07) is 2.56. The highest BCUT2D eigenvalue weighted by Crippen LogP contribution is 2.31. The summed E-state index contributed by atoms with van der Waals surface area (Å²) < 4.78 is 13.3. The first kappa shape index (κ1) is 13.5. The van der Waals surface area contributed by atoms with Gasteiger partial charge in [0.1, 0.15) is 11.6 Å². The molecule has 0 radical (unpaired) electrons. The van der Waals surface area contributed by atoms with Crippen molar-refractivity contribution >= 4 is 29.0 Å². The molecule has 1 atom stereocenters. The van der Waals surface area contributed by atoms with E-state index >= 15 is 0 Å². The standard InChI is InChI=1S/C12H13Cl2FO/c1-6(2)12(16)7(3)8-4-11(15)10(14)5-9(8)13/h4-7H,1-3H3. The molecule has 0 saturated carbocycles. The van der Waals surface area contributed by atoms with Crippen LogP contribution >= 0.6 is 23.2 Å². The molecule has 1 nitrogen and oxygen atoms in total. The van der Waals surface area contributed by atoms with Crippen molar-refractivity contribution in [2.75, 3.05) is 0 Å². The Balaban J connectivity index is 3.14. The number of halogens is 3. The molecule has 0 fully saturated rings. The number of carbonyl (C=O) groups excluding carboxylic acids is 1. The molecule has 1 unspecified atom stereocenters. The fraction of sp³-hybridized carbons (Fsp3) is 0.417. The molecule has 0 bridgehead atoms. The van der Waals surface area contributed by atoms with E-state index in [0.717, 1.165) is 0 Å². The first-order valence-corrected chi connectivity index (χ1v) is 5.78. The molecular formula is C12H13Cl2FO. The van der Waals surface area contributed by atoms with Gasteiger partial charge in [-0.1, -0.05) is 44.0 Å². The van der Waals surface area contributed by atoms with Gasteiger partial charge in [0.25, 0.3) is 0 Å². The van der Waals surface area contributed by atoms with Gasteiger partial charge < -0.3 is 0 Å². The Bertz CT molecular complexity index is 416. The lowest BCUT2D eigenvalue weighted by atomic mass is 9.90. The van der Waals surface area contributed by atoms with E-state index in [4.69, 9.17) is 23.2 Å². The molecule has 0 N–H and O–H groups in total. The van der Waals surface area contributed by atoms with Crippen molar-refractivity contribution in [3.63, 3.8) is 0 Å². The van der Waals surface area contributed by atoms with Gasteiger partial charge in [-0.2, -0.15) is 0 Å². The zero-order valence-electron chi connectivity index (χ0n) is 9.35. The average molecular weight is 263 g/mol. The van der Waals surface area contributed by atoms with Crippen molar-refractivity contribution < 1.29 is 9.18 Å². The number of hydrogen-bond acceptors (Lipinski definition) is 1. The lowest BCUT2D eigenvalue weighted by Crippen LogP contribution is -2.15. The third-order valence-electron chi connectivity index (χ3n) is 2.50. The van der Waals surface area contributed by atoms with E-state index in [0.29, 0.717) is 10.6 Å². The van der Waals surface area contributed by atoms with Crippen LogP contribution in [0.1, 0.15) is 32.3 Å². The molecule has 0 heterocycles. The van der Waals surface area contributed by atoms with Crippen LogP contribution in [0, 0.1) is 11.7 Å². The topological polar surface area (TPSA) is 17.1 Å². The quantitative estimate of drug-likeness (QED) is 0.736. The van der Waals surface area contributed by atoms with Gasteiger partial charge in [0, 0.05) is 16.9 Å². The highest BCUT2D eigenvalue weighted by Gasteiger charge is 2.21.